The summed E-state index contributed by atoms with van der Waals surface area (Å²) in [6.45, 7) is 0. The van der Waals surface area contributed by atoms with E-state index in [0.717, 1.165) is 0 Å². The number of rotatable bonds is 0. The summed E-state index contributed by atoms with van der Waals surface area (Å²) in [6, 6.07) is 0. The third-order valence-electron chi connectivity index (χ3n) is 0.462. The maximum atomic E-state index is 3.49. The molecule has 1 aliphatic heterocycles. The van der Waals surface area contributed by atoms with Gasteiger partial charge in [-0.05, 0) is 0 Å². The Morgan fingerprint density at radius 2 is 2.57 bits per heavy atom. The Bertz CT molecular complexity index is 108. The van der Waals surface area contributed by atoms with E-state index >= 15 is 0 Å². The molecule has 7 heavy (non-hydrogen) atoms. The second-order valence-corrected chi connectivity index (χ2v) is 1.69. The van der Waals surface area contributed by atoms with Gasteiger partial charge in [-0.15, -0.1) is 5.11 Å². The number of nitrogens with one attached hydrogen (secondary N) is 1. The van der Waals surface area contributed by atoms with Gasteiger partial charge in [-0.1, -0.05) is 5.22 Å². The second-order valence-electron chi connectivity index (χ2n) is 0.925. The van der Waals surface area contributed by atoms with Crippen LogP contribution in [0.2, 0.25) is 0 Å². The highest BCUT2D eigenvalue weighted by molar-refractivity contribution is 9.07. The first-order valence-corrected chi connectivity index (χ1v) is 2.38. The van der Waals surface area contributed by atoms with Crippen molar-refractivity contribution in [2.75, 3.05) is 0 Å². The Kier molecular flexibility index (Phi) is 1.26. The molecule has 1 rings (SSSR count). The molecule has 0 aromatic heterocycles. The van der Waals surface area contributed by atoms with E-state index in [-0.39, 0.29) is 0 Å². The molecule has 4 nitrogen and oxygen atoms in total. The second kappa shape index (κ2) is 1.92. The smallest absolute Gasteiger partial charge is 0.0738 e. The number of halogens is 1. The van der Waals surface area contributed by atoms with E-state index in [2.05, 4.69) is 32.0 Å². The van der Waals surface area contributed by atoms with E-state index in [4.69, 9.17) is 0 Å². The lowest BCUT2D eigenvalue weighted by atomic mass is 10.9. The largest absolute Gasteiger partial charge is 0.209 e. The fourth-order valence-corrected chi connectivity index (χ4v) is 0.400. The van der Waals surface area contributed by atoms with E-state index < -0.39 is 0 Å². The van der Waals surface area contributed by atoms with Crippen LogP contribution in [-0.4, -0.2) is 4.03 Å². The van der Waals surface area contributed by atoms with E-state index in [0.29, 0.717) is 0 Å². The lowest BCUT2D eigenvalue weighted by molar-refractivity contribution is 0.449. The summed E-state index contributed by atoms with van der Waals surface area (Å²) in [6.07, 6.45) is 3.25. The maximum absolute atomic E-state index is 3.49. The van der Waals surface area contributed by atoms with E-state index in [1.165, 1.54) is 4.03 Å². The first-order chi connectivity index (χ1) is 3.39. The Balaban J connectivity index is 2.49. The van der Waals surface area contributed by atoms with Crippen LogP contribution in [0.1, 0.15) is 0 Å². The zero-order valence-corrected chi connectivity index (χ0v) is 4.96. The third kappa shape index (κ3) is 1.15. The summed E-state index contributed by atoms with van der Waals surface area (Å²) in [5, 5.41) is 6.91. The molecule has 1 N–H and O–H groups in total. The zero-order valence-electron chi connectivity index (χ0n) is 3.37. The molecule has 1 heterocycles. The van der Waals surface area contributed by atoms with Gasteiger partial charge in [-0.25, -0.2) is 4.03 Å². The first-order valence-electron chi connectivity index (χ1n) is 1.67. The summed E-state index contributed by atoms with van der Waals surface area (Å²) in [4.78, 5) is 0. The minimum atomic E-state index is 1.51. The van der Waals surface area contributed by atoms with Crippen LogP contribution >= 0.6 is 16.1 Å². The molecule has 0 aliphatic carbocycles. The van der Waals surface area contributed by atoms with E-state index in [1.807, 2.05) is 0 Å². The SMILES string of the molecule is BrN1C=CN=NN1. The van der Waals surface area contributed by atoms with Crippen LogP contribution in [-0.2, 0) is 0 Å². The van der Waals surface area contributed by atoms with E-state index in [9.17, 15) is 0 Å². The van der Waals surface area contributed by atoms with Gasteiger partial charge in [0.25, 0.3) is 0 Å². The van der Waals surface area contributed by atoms with Crippen molar-refractivity contribution in [3.05, 3.63) is 12.4 Å². The van der Waals surface area contributed by atoms with Crippen LogP contribution in [0.25, 0.3) is 0 Å². The molecule has 1 aliphatic rings. The van der Waals surface area contributed by atoms with Gasteiger partial charge in [0.2, 0.25) is 0 Å². The van der Waals surface area contributed by atoms with Crippen LogP contribution in [0.15, 0.2) is 22.7 Å². The van der Waals surface area contributed by atoms with Crippen molar-refractivity contribution in [2.24, 2.45) is 10.3 Å². The van der Waals surface area contributed by atoms with Crippen molar-refractivity contribution in [3.63, 3.8) is 0 Å². The molecule has 0 atom stereocenters. The molecule has 0 bridgehead atoms. The van der Waals surface area contributed by atoms with Gasteiger partial charge < -0.3 is 0 Å². The summed E-state index contributed by atoms with van der Waals surface area (Å²) in [5.74, 6) is 0. The predicted molar refractivity (Wildman–Crippen MR) is 27.9 cm³/mol. The van der Waals surface area contributed by atoms with Crippen molar-refractivity contribution in [1.29, 1.82) is 0 Å². The monoisotopic (exact) mass is 162 g/mol. The molecule has 0 spiro atoms. The van der Waals surface area contributed by atoms with Crippen LogP contribution < -0.4 is 5.53 Å². The fourth-order valence-electron chi connectivity index (χ4n) is 0.224. The number of hydrogen-bond donors (Lipinski definition) is 1. The Morgan fingerprint density at radius 3 is 2.86 bits per heavy atom. The molecule has 0 saturated carbocycles. The van der Waals surface area contributed by atoms with E-state index in [1.54, 1.807) is 12.4 Å². The minimum Gasteiger partial charge on any atom is -0.209 e. The molecular formula is C2H3BrN4. The fraction of sp³-hybridized carbons (Fsp3) is 0. The Morgan fingerprint density at radius 1 is 1.71 bits per heavy atom. The van der Waals surface area contributed by atoms with Crippen molar-refractivity contribution in [3.8, 4) is 0 Å². The van der Waals surface area contributed by atoms with Crippen molar-refractivity contribution in [2.45, 2.75) is 0 Å². The molecule has 0 radical (unpaired) electrons. The summed E-state index contributed by atoms with van der Waals surface area (Å²) in [7, 11) is 0. The highest BCUT2D eigenvalue weighted by Crippen LogP contribution is 1.97. The zero-order chi connectivity index (χ0) is 5.11. The third-order valence-corrected chi connectivity index (χ3v) is 0.857. The van der Waals surface area contributed by atoms with Crippen molar-refractivity contribution in [1.82, 2.24) is 9.57 Å². The highest BCUT2D eigenvalue weighted by atomic mass is 79.9. The highest BCUT2D eigenvalue weighted by Gasteiger charge is 1.88. The van der Waals surface area contributed by atoms with Crippen LogP contribution in [0, 0.1) is 0 Å². The predicted octanol–water partition coefficient (Wildman–Crippen LogP) is 0.955. The molecule has 0 fully saturated rings. The molecule has 0 aromatic rings. The van der Waals surface area contributed by atoms with Gasteiger partial charge >= 0.3 is 0 Å². The summed E-state index contributed by atoms with van der Waals surface area (Å²) >= 11 is 3.07. The molecule has 0 amide bonds. The molecular weight excluding hydrogens is 160 g/mol. The van der Waals surface area contributed by atoms with Gasteiger partial charge in [-0.3, -0.25) is 0 Å². The van der Waals surface area contributed by atoms with Gasteiger partial charge in [0.15, 0.2) is 0 Å². The average molecular weight is 163 g/mol. The molecule has 38 valence electrons. The Labute approximate surface area is 49.2 Å². The topological polar surface area (TPSA) is 40.0 Å². The lowest BCUT2D eigenvalue weighted by Crippen LogP contribution is -2.18. The standard InChI is InChI=1S/C2H3BrN4/c3-7-2-1-4-5-6-7/h1-2H,(H,4,6). The maximum Gasteiger partial charge on any atom is 0.0738 e. The average Bonchev–Trinajstić information content (AvgIpc) is 1.69. The quantitative estimate of drug-likeness (QED) is 0.540. The number of hydrazine groups is 1. The molecule has 5 heteroatoms. The van der Waals surface area contributed by atoms with Gasteiger partial charge in [-0.2, -0.15) is 5.53 Å². The van der Waals surface area contributed by atoms with Crippen LogP contribution in [0.5, 0.6) is 0 Å². The number of nitrogens with zero attached hydrogens (tertiary/aromatic N) is 3. The first kappa shape index (κ1) is 4.58. The van der Waals surface area contributed by atoms with Crippen LogP contribution in [0.3, 0.4) is 0 Å². The lowest BCUT2D eigenvalue weighted by Gasteiger charge is -2.08. The van der Waals surface area contributed by atoms with Gasteiger partial charge in [0, 0.05) is 0 Å². The number of hydrogen-bond acceptors (Lipinski definition) is 4. The van der Waals surface area contributed by atoms with Crippen molar-refractivity contribution >= 4 is 16.1 Å². The molecule has 0 aromatic carbocycles. The normalized spacial score (nSPS) is 17.0. The van der Waals surface area contributed by atoms with Crippen molar-refractivity contribution < 1.29 is 0 Å². The van der Waals surface area contributed by atoms with Gasteiger partial charge in [0.05, 0.1) is 28.5 Å². The molecule has 0 unspecified atom stereocenters. The summed E-state index contributed by atoms with van der Waals surface area (Å²) < 4.78 is 1.51. The summed E-state index contributed by atoms with van der Waals surface area (Å²) in [5.41, 5.74) is 2.50. The molecule has 0 saturated heterocycles. The minimum absolute atomic E-state index is 1.51. The Hall–Kier alpha value is -0.580. The van der Waals surface area contributed by atoms with Gasteiger partial charge in [0.1, 0.15) is 0 Å². The van der Waals surface area contributed by atoms with Crippen LogP contribution in [0.4, 0.5) is 0 Å².